The predicted molar refractivity (Wildman–Crippen MR) is 95.5 cm³/mol. The van der Waals surface area contributed by atoms with Gasteiger partial charge in [-0.25, -0.2) is 0 Å². The second-order valence-corrected chi connectivity index (χ2v) is 6.88. The average molecular weight is 326 g/mol. The fourth-order valence-corrected chi connectivity index (χ4v) is 4.29. The lowest BCUT2D eigenvalue weighted by atomic mass is 9.76. The van der Waals surface area contributed by atoms with Crippen LogP contribution in [0.3, 0.4) is 0 Å². The lowest BCUT2D eigenvalue weighted by Crippen LogP contribution is -2.29. The number of fused-ring (bicyclic) bond motifs is 3. The molecule has 1 heterocycles. The third-order valence-corrected chi connectivity index (χ3v) is 5.30. The number of methoxy groups -OCH3 is 1. The first kappa shape index (κ1) is 14.6. The Bertz CT molecular complexity index is 783. The number of halogens is 1. The zero-order chi connectivity index (χ0) is 16.0. The van der Waals surface area contributed by atoms with E-state index < -0.39 is 0 Å². The van der Waals surface area contributed by atoms with Gasteiger partial charge in [-0.15, -0.1) is 0 Å². The second-order valence-electron chi connectivity index (χ2n) is 6.44. The summed E-state index contributed by atoms with van der Waals surface area (Å²) in [5, 5.41) is 4.60. The van der Waals surface area contributed by atoms with Gasteiger partial charge in [0.1, 0.15) is 5.75 Å². The highest BCUT2D eigenvalue weighted by atomic mass is 35.5. The van der Waals surface area contributed by atoms with Crippen molar-refractivity contribution in [2.45, 2.75) is 25.3 Å². The molecule has 0 saturated heterocycles. The minimum absolute atomic E-state index is 0.289. The molecule has 1 aliphatic heterocycles. The molecule has 0 radical (unpaired) electrons. The molecule has 1 aliphatic carbocycles. The standard InChI is InChI=1S/C20H20ClNO/c1-12-9-14(21)11-18-16-7-4-8-17(16)20(22-19(12)18)13-5-3-6-15(10-13)23-2/h3-7,9-11,16-17,20,22H,8H2,1-2H3/t16-,17-,20-/m0/s1. The van der Waals surface area contributed by atoms with Crippen LogP contribution in [0.2, 0.25) is 5.02 Å². The minimum atomic E-state index is 0.289. The number of ether oxygens (including phenoxy) is 1. The van der Waals surface area contributed by atoms with Gasteiger partial charge in [-0.1, -0.05) is 35.9 Å². The first-order valence-corrected chi connectivity index (χ1v) is 8.42. The zero-order valence-electron chi connectivity index (χ0n) is 13.3. The Labute approximate surface area is 142 Å². The molecule has 2 aliphatic rings. The molecule has 2 nitrogen and oxygen atoms in total. The van der Waals surface area contributed by atoms with Gasteiger partial charge in [0.15, 0.2) is 0 Å². The van der Waals surface area contributed by atoms with Crippen molar-refractivity contribution in [3.63, 3.8) is 0 Å². The van der Waals surface area contributed by atoms with E-state index in [0.29, 0.717) is 11.8 Å². The molecule has 0 bridgehead atoms. The number of benzene rings is 2. The van der Waals surface area contributed by atoms with E-state index in [4.69, 9.17) is 16.3 Å². The van der Waals surface area contributed by atoms with Gasteiger partial charge in [0.2, 0.25) is 0 Å². The molecule has 0 saturated carbocycles. The monoisotopic (exact) mass is 325 g/mol. The van der Waals surface area contributed by atoms with Crippen molar-refractivity contribution in [2.24, 2.45) is 5.92 Å². The van der Waals surface area contributed by atoms with Gasteiger partial charge in [-0.3, -0.25) is 0 Å². The van der Waals surface area contributed by atoms with E-state index in [1.165, 1.54) is 22.4 Å². The van der Waals surface area contributed by atoms with Gasteiger partial charge in [-0.05, 0) is 60.2 Å². The van der Waals surface area contributed by atoms with Crippen molar-refractivity contribution >= 4 is 17.3 Å². The maximum absolute atomic E-state index is 6.30. The topological polar surface area (TPSA) is 21.3 Å². The van der Waals surface area contributed by atoms with Gasteiger partial charge in [0.05, 0.1) is 13.2 Å². The molecule has 1 N–H and O–H groups in total. The van der Waals surface area contributed by atoms with Crippen molar-refractivity contribution in [1.82, 2.24) is 0 Å². The maximum Gasteiger partial charge on any atom is 0.119 e. The fourth-order valence-electron chi connectivity index (χ4n) is 4.01. The Hall–Kier alpha value is -1.93. The molecule has 2 aromatic rings. The molecule has 0 unspecified atom stereocenters. The van der Waals surface area contributed by atoms with Gasteiger partial charge >= 0.3 is 0 Å². The SMILES string of the molecule is COc1cccc([C@@H]2Nc3c(C)cc(Cl)cc3[C@H]3C=CC[C@@H]32)c1. The van der Waals surface area contributed by atoms with Crippen LogP contribution in [0.5, 0.6) is 5.75 Å². The molecule has 0 aromatic heterocycles. The molecule has 4 rings (SSSR count). The first-order chi connectivity index (χ1) is 11.2. The Morgan fingerprint density at radius 3 is 2.91 bits per heavy atom. The average Bonchev–Trinajstić information content (AvgIpc) is 3.04. The van der Waals surface area contributed by atoms with Gasteiger partial charge in [-0.2, -0.15) is 0 Å². The summed E-state index contributed by atoms with van der Waals surface area (Å²) in [6, 6.07) is 12.8. The molecule has 0 amide bonds. The Balaban J connectivity index is 1.81. The summed E-state index contributed by atoms with van der Waals surface area (Å²) in [5.74, 6) is 1.86. The van der Waals surface area contributed by atoms with Crippen molar-refractivity contribution in [3.8, 4) is 5.75 Å². The Morgan fingerprint density at radius 2 is 2.09 bits per heavy atom. The highest BCUT2D eigenvalue weighted by molar-refractivity contribution is 6.30. The van der Waals surface area contributed by atoms with Gasteiger partial charge < -0.3 is 10.1 Å². The molecular formula is C20H20ClNO. The number of allylic oxidation sites excluding steroid dienone is 2. The van der Waals surface area contributed by atoms with E-state index >= 15 is 0 Å². The third-order valence-electron chi connectivity index (χ3n) is 5.08. The summed E-state index contributed by atoms with van der Waals surface area (Å²) in [5.41, 5.74) is 5.05. The van der Waals surface area contributed by atoms with Gasteiger partial charge in [0.25, 0.3) is 0 Å². The summed E-state index contributed by atoms with van der Waals surface area (Å²) in [6.45, 7) is 2.12. The van der Waals surface area contributed by atoms with E-state index in [1.54, 1.807) is 7.11 Å². The van der Waals surface area contributed by atoms with Gasteiger partial charge in [0, 0.05) is 16.6 Å². The van der Waals surface area contributed by atoms with Crippen LogP contribution in [0.1, 0.15) is 35.1 Å². The smallest absolute Gasteiger partial charge is 0.119 e. The number of anilines is 1. The molecule has 2 aromatic carbocycles. The fraction of sp³-hybridized carbons (Fsp3) is 0.300. The van der Waals surface area contributed by atoms with Crippen molar-refractivity contribution in [2.75, 3.05) is 12.4 Å². The molecular weight excluding hydrogens is 306 g/mol. The summed E-state index contributed by atoms with van der Waals surface area (Å²) in [7, 11) is 1.72. The van der Waals surface area contributed by atoms with E-state index in [1.807, 2.05) is 12.1 Å². The number of hydrogen-bond acceptors (Lipinski definition) is 2. The normalized spacial score (nSPS) is 24.7. The van der Waals surface area contributed by atoms with Crippen molar-refractivity contribution < 1.29 is 4.74 Å². The minimum Gasteiger partial charge on any atom is -0.497 e. The first-order valence-electron chi connectivity index (χ1n) is 8.04. The van der Waals surface area contributed by atoms with Crippen LogP contribution in [-0.2, 0) is 0 Å². The van der Waals surface area contributed by atoms with Crippen LogP contribution >= 0.6 is 11.6 Å². The quantitative estimate of drug-likeness (QED) is 0.738. The van der Waals surface area contributed by atoms with Crippen molar-refractivity contribution in [1.29, 1.82) is 0 Å². The van der Waals surface area contributed by atoms with E-state index in [-0.39, 0.29) is 6.04 Å². The Morgan fingerprint density at radius 1 is 1.22 bits per heavy atom. The van der Waals surface area contributed by atoms with E-state index in [2.05, 4.69) is 48.7 Å². The summed E-state index contributed by atoms with van der Waals surface area (Å²) >= 11 is 6.30. The number of hydrogen-bond donors (Lipinski definition) is 1. The van der Waals surface area contributed by atoms with Crippen LogP contribution in [-0.4, -0.2) is 7.11 Å². The largest absolute Gasteiger partial charge is 0.497 e. The van der Waals surface area contributed by atoms with Crippen molar-refractivity contribution in [3.05, 3.63) is 70.3 Å². The summed E-state index contributed by atoms with van der Waals surface area (Å²) in [6.07, 6.45) is 5.73. The van der Waals surface area contributed by atoms with Crippen LogP contribution in [0, 0.1) is 12.8 Å². The highest BCUT2D eigenvalue weighted by Gasteiger charge is 2.38. The second kappa shape index (κ2) is 5.61. The molecule has 118 valence electrons. The molecule has 23 heavy (non-hydrogen) atoms. The number of aryl methyl sites for hydroxylation is 1. The van der Waals surface area contributed by atoms with E-state index in [0.717, 1.165) is 17.2 Å². The van der Waals surface area contributed by atoms with E-state index in [9.17, 15) is 0 Å². The van der Waals surface area contributed by atoms with Crippen LogP contribution in [0.15, 0.2) is 48.6 Å². The van der Waals surface area contributed by atoms with Crippen LogP contribution < -0.4 is 10.1 Å². The third kappa shape index (κ3) is 2.42. The maximum atomic E-state index is 6.30. The lowest BCUT2D eigenvalue weighted by molar-refractivity contribution is 0.406. The van der Waals surface area contributed by atoms with Crippen LogP contribution in [0.25, 0.3) is 0 Å². The lowest BCUT2D eigenvalue weighted by Gasteiger charge is -2.38. The summed E-state index contributed by atoms with van der Waals surface area (Å²) < 4.78 is 5.41. The molecule has 3 atom stereocenters. The van der Waals surface area contributed by atoms with Crippen LogP contribution in [0.4, 0.5) is 5.69 Å². The molecule has 0 spiro atoms. The highest BCUT2D eigenvalue weighted by Crippen LogP contribution is 2.51. The molecule has 3 heteroatoms. The number of rotatable bonds is 2. The Kier molecular flexibility index (Phi) is 3.57. The number of nitrogens with one attached hydrogen (secondary N) is 1. The zero-order valence-corrected chi connectivity index (χ0v) is 14.1. The summed E-state index contributed by atoms with van der Waals surface area (Å²) in [4.78, 5) is 0. The predicted octanol–water partition coefficient (Wildman–Crippen LogP) is 5.48. The molecule has 0 fully saturated rings.